The summed E-state index contributed by atoms with van der Waals surface area (Å²) in [6, 6.07) is 8.24. The molecule has 0 aliphatic carbocycles. The van der Waals surface area contributed by atoms with Crippen LogP contribution in [0.3, 0.4) is 0 Å². The minimum absolute atomic E-state index is 0. The van der Waals surface area contributed by atoms with Crippen molar-refractivity contribution >= 4 is 12.4 Å². The molecule has 1 atom stereocenters. The quantitative estimate of drug-likeness (QED) is 0.836. The maximum atomic E-state index is 6.09. The number of hydrogen-bond acceptors (Lipinski definition) is 2. The van der Waals surface area contributed by atoms with Crippen LogP contribution in [-0.4, -0.2) is 0 Å². The van der Waals surface area contributed by atoms with Gasteiger partial charge in [0, 0.05) is 11.6 Å². The first kappa shape index (κ1) is 14.4. The van der Waals surface area contributed by atoms with Crippen molar-refractivity contribution in [2.75, 3.05) is 0 Å². The average molecular weight is 229 g/mol. The molecule has 4 N–H and O–H groups in total. The first-order valence-corrected chi connectivity index (χ1v) is 5.10. The smallest absolute Gasteiger partial charge is 0.0355 e. The number of rotatable bonds is 3. The van der Waals surface area contributed by atoms with Crippen LogP contribution in [0, 0.1) is 0 Å². The summed E-state index contributed by atoms with van der Waals surface area (Å²) in [5.74, 6) is 0. The molecule has 0 aromatic heterocycles. The molecule has 86 valence electrons. The SMILES string of the molecule is CCC(N)c1ccccc1C(C)(C)N.Cl. The van der Waals surface area contributed by atoms with E-state index in [0.717, 1.165) is 12.0 Å². The van der Waals surface area contributed by atoms with E-state index in [9.17, 15) is 0 Å². The van der Waals surface area contributed by atoms with Gasteiger partial charge >= 0.3 is 0 Å². The second-order valence-electron chi connectivity index (χ2n) is 4.32. The van der Waals surface area contributed by atoms with Crippen LogP contribution in [0.1, 0.15) is 44.4 Å². The molecule has 1 rings (SSSR count). The molecule has 15 heavy (non-hydrogen) atoms. The maximum Gasteiger partial charge on any atom is 0.0355 e. The van der Waals surface area contributed by atoms with E-state index in [1.165, 1.54) is 5.56 Å². The van der Waals surface area contributed by atoms with E-state index in [1.807, 2.05) is 26.0 Å². The van der Waals surface area contributed by atoms with Crippen molar-refractivity contribution in [1.82, 2.24) is 0 Å². The molecule has 1 aromatic rings. The molecule has 0 spiro atoms. The molecular weight excluding hydrogens is 208 g/mol. The molecule has 3 heteroatoms. The van der Waals surface area contributed by atoms with E-state index in [2.05, 4.69) is 19.1 Å². The van der Waals surface area contributed by atoms with Crippen molar-refractivity contribution < 1.29 is 0 Å². The van der Waals surface area contributed by atoms with Crippen molar-refractivity contribution in [3.8, 4) is 0 Å². The molecule has 1 aromatic carbocycles. The van der Waals surface area contributed by atoms with Gasteiger partial charge in [0.1, 0.15) is 0 Å². The fraction of sp³-hybridized carbons (Fsp3) is 0.500. The van der Waals surface area contributed by atoms with Crippen LogP contribution in [0.15, 0.2) is 24.3 Å². The van der Waals surface area contributed by atoms with E-state index in [4.69, 9.17) is 11.5 Å². The Morgan fingerprint density at radius 3 is 2.27 bits per heavy atom. The molecule has 0 aliphatic rings. The average Bonchev–Trinajstić information content (AvgIpc) is 2.15. The molecule has 0 heterocycles. The van der Waals surface area contributed by atoms with Gasteiger partial charge in [-0.2, -0.15) is 0 Å². The van der Waals surface area contributed by atoms with Gasteiger partial charge in [-0.25, -0.2) is 0 Å². The Kier molecular flexibility index (Phi) is 5.29. The van der Waals surface area contributed by atoms with Gasteiger partial charge in [0.25, 0.3) is 0 Å². The van der Waals surface area contributed by atoms with Crippen molar-refractivity contribution in [1.29, 1.82) is 0 Å². The van der Waals surface area contributed by atoms with Gasteiger partial charge in [-0.1, -0.05) is 31.2 Å². The molecule has 0 radical (unpaired) electrons. The molecule has 0 saturated heterocycles. The summed E-state index contributed by atoms with van der Waals surface area (Å²) in [5, 5.41) is 0. The molecular formula is C12H21ClN2. The topological polar surface area (TPSA) is 52.0 Å². The second-order valence-corrected chi connectivity index (χ2v) is 4.32. The van der Waals surface area contributed by atoms with Crippen LogP contribution in [0.4, 0.5) is 0 Å². The Morgan fingerprint density at radius 2 is 1.80 bits per heavy atom. The van der Waals surface area contributed by atoms with E-state index in [0.29, 0.717) is 0 Å². The van der Waals surface area contributed by atoms with Crippen LogP contribution in [0.5, 0.6) is 0 Å². The molecule has 0 saturated carbocycles. The minimum Gasteiger partial charge on any atom is -0.324 e. The summed E-state index contributed by atoms with van der Waals surface area (Å²) in [6.07, 6.45) is 0.938. The lowest BCUT2D eigenvalue weighted by molar-refractivity contribution is 0.536. The van der Waals surface area contributed by atoms with Gasteiger partial charge in [0.15, 0.2) is 0 Å². The van der Waals surface area contributed by atoms with Crippen LogP contribution in [-0.2, 0) is 5.54 Å². The zero-order valence-electron chi connectivity index (χ0n) is 9.66. The number of benzene rings is 1. The van der Waals surface area contributed by atoms with Crippen LogP contribution >= 0.6 is 12.4 Å². The third-order valence-corrected chi connectivity index (χ3v) is 2.49. The van der Waals surface area contributed by atoms with Gasteiger partial charge in [-0.15, -0.1) is 12.4 Å². The summed E-state index contributed by atoms with van der Waals surface area (Å²) >= 11 is 0. The second kappa shape index (κ2) is 5.50. The monoisotopic (exact) mass is 228 g/mol. The third kappa shape index (κ3) is 3.49. The molecule has 0 aliphatic heterocycles. The van der Waals surface area contributed by atoms with Crippen molar-refractivity contribution in [3.63, 3.8) is 0 Å². The standard InChI is InChI=1S/C12H20N2.ClH/c1-4-11(13)9-7-5-6-8-10(9)12(2,3)14;/h5-8,11H,4,13-14H2,1-3H3;1H. The van der Waals surface area contributed by atoms with Crippen molar-refractivity contribution in [3.05, 3.63) is 35.4 Å². The molecule has 0 bridgehead atoms. The summed E-state index contributed by atoms with van der Waals surface area (Å²) in [6.45, 7) is 6.10. The molecule has 2 nitrogen and oxygen atoms in total. The van der Waals surface area contributed by atoms with Gasteiger partial charge in [0.05, 0.1) is 0 Å². The highest BCUT2D eigenvalue weighted by Crippen LogP contribution is 2.26. The van der Waals surface area contributed by atoms with Crippen LogP contribution in [0.25, 0.3) is 0 Å². The first-order valence-electron chi connectivity index (χ1n) is 5.10. The lowest BCUT2D eigenvalue weighted by Crippen LogP contribution is -2.31. The number of nitrogens with two attached hydrogens (primary N) is 2. The lowest BCUT2D eigenvalue weighted by atomic mass is 9.87. The first-order chi connectivity index (χ1) is 6.46. The Morgan fingerprint density at radius 1 is 1.27 bits per heavy atom. The zero-order chi connectivity index (χ0) is 10.8. The number of halogens is 1. The van der Waals surface area contributed by atoms with Gasteiger partial charge < -0.3 is 11.5 Å². The zero-order valence-corrected chi connectivity index (χ0v) is 10.5. The highest BCUT2D eigenvalue weighted by atomic mass is 35.5. The van der Waals surface area contributed by atoms with Gasteiger partial charge in [-0.3, -0.25) is 0 Å². The van der Waals surface area contributed by atoms with E-state index in [1.54, 1.807) is 0 Å². The van der Waals surface area contributed by atoms with Crippen molar-refractivity contribution in [2.24, 2.45) is 11.5 Å². The summed E-state index contributed by atoms with van der Waals surface area (Å²) in [7, 11) is 0. The molecule has 0 fully saturated rings. The Hall–Kier alpha value is -0.570. The van der Waals surface area contributed by atoms with E-state index in [-0.39, 0.29) is 24.0 Å². The highest BCUT2D eigenvalue weighted by Gasteiger charge is 2.19. The van der Waals surface area contributed by atoms with Gasteiger partial charge in [-0.05, 0) is 31.4 Å². The predicted octanol–water partition coefficient (Wildman–Crippen LogP) is 2.71. The largest absolute Gasteiger partial charge is 0.324 e. The summed E-state index contributed by atoms with van der Waals surface area (Å²) in [4.78, 5) is 0. The molecule has 0 amide bonds. The van der Waals surface area contributed by atoms with Crippen molar-refractivity contribution in [2.45, 2.75) is 38.8 Å². The Balaban J connectivity index is 0.00000196. The normalized spacial score (nSPS) is 13.1. The maximum absolute atomic E-state index is 6.09. The highest BCUT2D eigenvalue weighted by molar-refractivity contribution is 5.85. The van der Waals surface area contributed by atoms with Crippen LogP contribution < -0.4 is 11.5 Å². The Labute approximate surface area is 98.5 Å². The summed E-state index contributed by atoms with van der Waals surface area (Å²) in [5.41, 5.74) is 14.1. The van der Waals surface area contributed by atoms with E-state index >= 15 is 0 Å². The molecule has 1 unspecified atom stereocenters. The number of hydrogen-bond donors (Lipinski definition) is 2. The van der Waals surface area contributed by atoms with Crippen LogP contribution in [0.2, 0.25) is 0 Å². The fourth-order valence-electron chi connectivity index (χ4n) is 1.63. The fourth-order valence-corrected chi connectivity index (χ4v) is 1.63. The lowest BCUT2D eigenvalue weighted by Gasteiger charge is -2.25. The van der Waals surface area contributed by atoms with E-state index < -0.39 is 0 Å². The Bertz CT molecular complexity index is 305. The third-order valence-electron chi connectivity index (χ3n) is 2.49. The van der Waals surface area contributed by atoms with Gasteiger partial charge in [0.2, 0.25) is 0 Å². The minimum atomic E-state index is -0.316. The predicted molar refractivity (Wildman–Crippen MR) is 68.1 cm³/mol. The summed E-state index contributed by atoms with van der Waals surface area (Å²) < 4.78 is 0.